The fourth-order valence-electron chi connectivity index (χ4n) is 1.71. The maximum Gasteiger partial charge on any atom is 0.319 e. The second kappa shape index (κ2) is 7.63. The van der Waals surface area contributed by atoms with Crippen LogP contribution in [0.25, 0.3) is 0 Å². The molecule has 16 heavy (non-hydrogen) atoms. The Labute approximate surface area is 97.7 Å². The van der Waals surface area contributed by atoms with E-state index >= 15 is 0 Å². The van der Waals surface area contributed by atoms with E-state index in [4.69, 9.17) is 9.47 Å². The van der Waals surface area contributed by atoms with Gasteiger partial charge in [0, 0.05) is 12.6 Å². The molecule has 94 valence electrons. The highest BCUT2D eigenvalue weighted by atomic mass is 16.5. The van der Waals surface area contributed by atoms with Gasteiger partial charge in [-0.05, 0) is 26.2 Å². The molecule has 0 saturated heterocycles. The summed E-state index contributed by atoms with van der Waals surface area (Å²) in [5, 5.41) is 3.18. The molecule has 4 heteroatoms. The predicted molar refractivity (Wildman–Crippen MR) is 62.3 cm³/mol. The Bertz CT molecular complexity index is 202. The van der Waals surface area contributed by atoms with Gasteiger partial charge in [0.25, 0.3) is 0 Å². The van der Waals surface area contributed by atoms with Gasteiger partial charge in [-0.1, -0.05) is 13.3 Å². The first-order valence-corrected chi connectivity index (χ1v) is 6.26. The third-order valence-electron chi connectivity index (χ3n) is 2.79. The van der Waals surface area contributed by atoms with Crippen molar-refractivity contribution in [3.05, 3.63) is 0 Å². The molecule has 0 amide bonds. The molecule has 0 aromatic carbocycles. The monoisotopic (exact) mass is 229 g/mol. The van der Waals surface area contributed by atoms with Crippen molar-refractivity contribution in [1.29, 1.82) is 0 Å². The van der Waals surface area contributed by atoms with Crippen LogP contribution in [0.2, 0.25) is 0 Å². The van der Waals surface area contributed by atoms with Crippen LogP contribution in [-0.2, 0) is 14.3 Å². The van der Waals surface area contributed by atoms with Gasteiger partial charge < -0.3 is 14.8 Å². The fourth-order valence-corrected chi connectivity index (χ4v) is 1.71. The Morgan fingerprint density at radius 3 is 2.75 bits per heavy atom. The van der Waals surface area contributed by atoms with Crippen LogP contribution in [0, 0.1) is 0 Å². The topological polar surface area (TPSA) is 47.6 Å². The van der Waals surface area contributed by atoms with E-state index in [-0.39, 0.29) is 5.97 Å². The summed E-state index contributed by atoms with van der Waals surface area (Å²) in [6.07, 6.45) is 4.41. The van der Waals surface area contributed by atoms with E-state index < -0.39 is 0 Å². The van der Waals surface area contributed by atoms with Crippen LogP contribution in [0.3, 0.4) is 0 Å². The van der Waals surface area contributed by atoms with Gasteiger partial charge in [-0.2, -0.15) is 0 Å². The SMILES string of the molecule is CCCCOC(=O)CNC1CC(OCC)C1. The summed E-state index contributed by atoms with van der Waals surface area (Å²) in [7, 11) is 0. The second-order valence-corrected chi connectivity index (χ2v) is 4.20. The molecule has 4 nitrogen and oxygen atoms in total. The number of nitrogens with one attached hydrogen (secondary N) is 1. The Morgan fingerprint density at radius 1 is 1.38 bits per heavy atom. The van der Waals surface area contributed by atoms with Gasteiger partial charge in [0.2, 0.25) is 0 Å². The molecule has 1 rings (SSSR count). The number of rotatable bonds is 8. The van der Waals surface area contributed by atoms with Crippen LogP contribution >= 0.6 is 0 Å². The highest BCUT2D eigenvalue weighted by Gasteiger charge is 2.29. The fraction of sp³-hybridized carbons (Fsp3) is 0.917. The molecule has 1 aliphatic carbocycles. The van der Waals surface area contributed by atoms with Crippen molar-refractivity contribution >= 4 is 5.97 Å². The number of esters is 1. The average molecular weight is 229 g/mol. The summed E-state index contributed by atoms with van der Waals surface area (Å²) in [5.74, 6) is -0.145. The molecule has 1 fully saturated rings. The molecule has 0 aromatic rings. The van der Waals surface area contributed by atoms with E-state index in [0.717, 1.165) is 32.3 Å². The Morgan fingerprint density at radius 2 is 2.12 bits per heavy atom. The van der Waals surface area contributed by atoms with Crippen LogP contribution in [0.4, 0.5) is 0 Å². The van der Waals surface area contributed by atoms with E-state index in [2.05, 4.69) is 12.2 Å². The zero-order valence-corrected chi connectivity index (χ0v) is 10.3. The van der Waals surface area contributed by atoms with Gasteiger partial charge in [-0.3, -0.25) is 4.79 Å². The Kier molecular flexibility index (Phi) is 6.42. The molecule has 1 saturated carbocycles. The lowest BCUT2D eigenvalue weighted by molar-refractivity contribution is -0.143. The number of hydrogen-bond donors (Lipinski definition) is 1. The van der Waals surface area contributed by atoms with Crippen LogP contribution in [0.5, 0.6) is 0 Å². The van der Waals surface area contributed by atoms with E-state index in [0.29, 0.717) is 25.3 Å². The molecule has 0 spiro atoms. The minimum atomic E-state index is -0.145. The standard InChI is InChI=1S/C12H23NO3/c1-3-5-6-16-12(14)9-13-10-7-11(8-10)15-4-2/h10-11,13H,3-9H2,1-2H3. The average Bonchev–Trinajstić information content (AvgIpc) is 2.21. The largest absolute Gasteiger partial charge is 0.465 e. The number of unbranched alkanes of at least 4 members (excludes halogenated alkanes) is 1. The molecule has 0 unspecified atom stereocenters. The molecule has 1 N–H and O–H groups in total. The van der Waals surface area contributed by atoms with E-state index in [1.807, 2.05) is 6.92 Å². The highest BCUT2D eigenvalue weighted by Crippen LogP contribution is 2.22. The molecular weight excluding hydrogens is 206 g/mol. The lowest BCUT2D eigenvalue weighted by atomic mass is 9.89. The molecule has 0 heterocycles. The molecule has 0 bridgehead atoms. The van der Waals surface area contributed by atoms with Gasteiger partial charge in [-0.25, -0.2) is 0 Å². The lowest BCUT2D eigenvalue weighted by Crippen LogP contribution is -2.47. The molecule has 0 aliphatic heterocycles. The summed E-state index contributed by atoms with van der Waals surface area (Å²) in [5.41, 5.74) is 0. The van der Waals surface area contributed by atoms with Crippen molar-refractivity contribution in [2.45, 2.75) is 51.7 Å². The predicted octanol–water partition coefficient (Wildman–Crippen LogP) is 1.49. The van der Waals surface area contributed by atoms with Crippen molar-refractivity contribution in [3.8, 4) is 0 Å². The zero-order chi connectivity index (χ0) is 11.8. The number of carbonyl (C=O) groups excluding carboxylic acids is 1. The molecule has 0 radical (unpaired) electrons. The lowest BCUT2D eigenvalue weighted by Gasteiger charge is -2.35. The minimum Gasteiger partial charge on any atom is -0.465 e. The maximum absolute atomic E-state index is 11.3. The van der Waals surface area contributed by atoms with Crippen LogP contribution in [-0.4, -0.2) is 37.9 Å². The van der Waals surface area contributed by atoms with Gasteiger partial charge in [0.05, 0.1) is 19.3 Å². The number of ether oxygens (including phenoxy) is 2. The number of hydrogen-bond acceptors (Lipinski definition) is 4. The van der Waals surface area contributed by atoms with Gasteiger partial charge in [0.15, 0.2) is 0 Å². The zero-order valence-electron chi connectivity index (χ0n) is 10.3. The molecular formula is C12H23NO3. The Hall–Kier alpha value is -0.610. The first-order valence-electron chi connectivity index (χ1n) is 6.26. The maximum atomic E-state index is 11.3. The Balaban J connectivity index is 1.93. The summed E-state index contributed by atoms with van der Waals surface area (Å²) in [6, 6.07) is 0.426. The van der Waals surface area contributed by atoms with E-state index in [1.54, 1.807) is 0 Å². The first-order chi connectivity index (χ1) is 7.76. The van der Waals surface area contributed by atoms with Crippen molar-refractivity contribution in [3.63, 3.8) is 0 Å². The summed E-state index contributed by atoms with van der Waals surface area (Å²) >= 11 is 0. The number of carbonyl (C=O) groups is 1. The van der Waals surface area contributed by atoms with Crippen molar-refractivity contribution in [2.24, 2.45) is 0 Å². The van der Waals surface area contributed by atoms with Crippen LogP contribution in [0.1, 0.15) is 39.5 Å². The van der Waals surface area contributed by atoms with Crippen LogP contribution < -0.4 is 5.32 Å². The smallest absolute Gasteiger partial charge is 0.319 e. The molecule has 1 aliphatic rings. The van der Waals surface area contributed by atoms with E-state index in [1.165, 1.54) is 0 Å². The van der Waals surface area contributed by atoms with Gasteiger partial charge in [-0.15, -0.1) is 0 Å². The van der Waals surface area contributed by atoms with Crippen molar-refractivity contribution in [2.75, 3.05) is 19.8 Å². The van der Waals surface area contributed by atoms with Crippen molar-refractivity contribution in [1.82, 2.24) is 5.32 Å². The molecule has 0 atom stereocenters. The van der Waals surface area contributed by atoms with Crippen LogP contribution in [0.15, 0.2) is 0 Å². The summed E-state index contributed by atoms with van der Waals surface area (Å²) < 4.78 is 10.5. The second-order valence-electron chi connectivity index (χ2n) is 4.20. The van der Waals surface area contributed by atoms with Gasteiger partial charge in [0.1, 0.15) is 0 Å². The van der Waals surface area contributed by atoms with Crippen molar-refractivity contribution < 1.29 is 14.3 Å². The van der Waals surface area contributed by atoms with E-state index in [9.17, 15) is 4.79 Å². The normalized spacial score (nSPS) is 23.9. The third kappa shape index (κ3) is 4.94. The summed E-state index contributed by atoms with van der Waals surface area (Å²) in [6.45, 7) is 5.73. The summed E-state index contributed by atoms with van der Waals surface area (Å²) in [4.78, 5) is 11.3. The highest BCUT2D eigenvalue weighted by molar-refractivity contribution is 5.71. The molecule has 0 aromatic heterocycles. The van der Waals surface area contributed by atoms with Gasteiger partial charge >= 0.3 is 5.97 Å². The first kappa shape index (κ1) is 13.5. The quantitative estimate of drug-likeness (QED) is 0.506. The minimum absolute atomic E-state index is 0.145. The third-order valence-corrected chi connectivity index (χ3v) is 2.79.